The van der Waals surface area contributed by atoms with Crippen molar-refractivity contribution in [2.45, 2.75) is 55.8 Å². The van der Waals surface area contributed by atoms with E-state index in [-0.39, 0.29) is 5.92 Å². The number of hydrogen-bond donors (Lipinski definition) is 0. The summed E-state index contributed by atoms with van der Waals surface area (Å²) in [5, 5.41) is 2.71. The van der Waals surface area contributed by atoms with Gasteiger partial charge in [-0.1, -0.05) is 262 Å². The van der Waals surface area contributed by atoms with E-state index in [2.05, 4.69) is 266 Å². The minimum absolute atomic E-state index is 0.0866. The summed E-state index contributed by atoms with van der Waals surface area (Å²) in [6.07, 6.45) is 12.2. The third kappa shape index (κ3) is 7.46. The van der Waals surface area contributed by atoms with Crippen LogP contribution in [0.5, 0.6) is 0 Å². The van der Waals surface area contributed by atoms with Gasteiger partial charge in [0.05, 0.1) is 16.8 Å². The van der Waals surface area contributed by atoms with Crippen LogP contribution in [0.15, 0.2) is 266 Å². The molecule has 0 radical (unpaired) electrons. The van der Waals surface area contributed by atoms with Crippen LogP contribution in [0.1, 0.15) is 83.7 Å². The molecule has 72 heavy (non-hydrogen) atoms. The molecule has 0 aliphatic heterocycles. The third-order valence-corrected chi connectivity index (χ3v) is 16.2. The second-order valence-corrected chi connectivity index (χ2v) is 20.0. The van der Waals surface area contributed by atoms with Gasteiger partial charge in [0.2, 0.25) is 0 Å². The Balaban J connectivity index is 1.01. The van der Waals surface area contributed by atoms with Crippen LogP contribution in [0.2, 0.25) is 0 Å². The van der Waals surface area contributed by atoms with Crippen LogP contribution in [-0.4, -0.2) is 0 Å². The molecule has 0 bridgehead atoms. The first kappa shape index (κ1) is 43.7. The van der Waals surface area contributed by atoms with Crippen molar-refractivity contribution in [3.8, 4) is 33.4 Å². The fraction of sp³-hybridized carbons (Fsp3) is 0.127. The lowest BCUT2D eigenvalue weighted by molar-refractivity contribution is 0.445. The molecule has 0 amide bonds. The van der Waals surface area contributed by atoms with Crippen LogP contribution in [0.4, 0.5) is 17.1 Å². The highest BCUT2D eigenvalue weighted by Crippen LogP contribution is 2.60. The van der Waals surface area contributed by atoms with Crippen molar-refractivity contribution in [1.29, 1.82) is 0 Å². The fourth-order valence-electron chi connectivity index (χ4n) is 13.0. The van der Waals surface area contributed by atoms with Crippen molar-refractivity contribution >= 4 is 33.4 Å². The van der Waals surface area contributed by atoms with Crippen molar-refractivity contribution in [2.75, 3.05) is 4.90 Å². The Hall–Kier alpha value is -8.26. The average Bonchev–Trinajstić information content (AvgIpc) is 3.76. The Kier molecular flexibility index (Phi) is 11.4. The van der Waals surface area contributed by atoms with E-state index >= 15 is 0 Å². The minimum atomic E-state index is -0.443. The summed E-state index contributed by atoms with van der Waals surface area (Å²) in [6.45, 7) is 0. The third-order valence-electron chi connectivity index (χ3n) is 16.2. The van der Waals surface area contributed by atoms with Gasteiger partial charge in [0.25, 0.3) is 0 Å². The fourth-order valence-corrected chi connectivity index (χ4v) is 13.0. The maximum absolute atomic E-state index is 2.61. The molecule has 1 fully saturated rings. The molecular weight excluding hydrogens is 867 g/mol. The van der Waals surface area contributed by atoms with E-state index in [1.807, 2.05) is 0 Å². The van der Waals surface area contributed by atoms with Crippen molar-refractivity contribution in [1.82, 2.24) is 0 Å². The molecule has 346 valence electrons. The van der Waals surface area contributed by atoms with E-state index in [0.717, 1.165) is 12.1 Å². The minimum Gasteiger partial charge on any atom is -0.309 e. The molecule has 1 unspecified atom stereocenters. The van der Waals surface area contributed by atoms with Gasteiger partial charge in [-0.15, -0.1) is 0 Å². The highest BCUT2D eigenvalue weighted by atomic mass is 15.2. The van der Waals surface area contributed by atoms with Gasteiger partial charge in [0.1, 0.15) is 0 Å². The Morgan fingerprint density at radius 1 is 0.375 bits per heavy atom. The van der Waals surface area contributed by atoms with E-state index in [0.29, 0.717) is 5.92 Å². The number of benzene rings is 10. The molecule has 0 spiro atoms. The number of para-hydroxylation sites is 3. The second-order valence-electron chi connectivity index (χ2n) is 20.0. The van der Waals surface area contributed by atoms with Gasteiger partial charge in [-0.2, -0.15) is 0 Å². The monoisotopic (exact) mass is 923 g/mol. The first-order valence-corrected chi connectivity index (χ1v) is 26.1. The normalized spacial score (nSPS) is 16.1. The van der Waals surface area contributed by atoms with E-state index < -0.39 is 5.41 Å². The molecule has 1 saturated carbocycles. The summed E-state index contributed by atoms with van der Waals surface area (Å²) >= 11 is 0. The van der Waals surface area contributed by atoms with Crippen molar-refractivity contribution in [2.24, 2.45) is 0 Å². The first-order valence-electron chi connectivity index (χ1n) is 26.1. The zero-order chi connectivity index (χ0) is 47.8. The molecule has 10 aromatic rings. The molecule has 0 aromatic heterocycles. The quantitative estimate of drug-likeness (QED) is 0.132. The highest BCUT2D eigenvalue weighted by Gasteiger charge is 2.48. The van der Waals surface area contributed by atoms with E-state index in [9.17, 15) is 0 Å². The van der Waals surface area contributed by atoms with Crippen LogP contribution in [-0.2, 0) is 5.41 Å². The largest absolute Gasteiger partial charge is 0.309 e. The maximum Gasteiger partial charge on any atom is 0.0676 e. The zero-order valence-electron chi connectivity index (χ0n) is 40.7. The smallest absolute Gasteiger partial charge is 0.0676 e. The molecular formula is C71H57N. The predicted molar refractivity (Wildman–Crippen MR) is 303 cm³/mol. The summed E-state index contributed by atoms with van der Waals surface area (Å²) in [5.41, 5.74) is 21.3. The van der Waals surface area contributed by atoms with Crippen LogP contribution in [0.25, 0.3) is 49.7 Å². The van der Waals surface area contributed by atoms with Crippen molar-refractivity contribution < 1.29 is 0 Å². The lowest BCUT2D eigenvalue weighted by Crippen LogP contribution is -2.31. The Bertz CT molecular complexity index is 3590. The Morgan fingerprint density at radius 3 is 1.60 bits per heavy atom. The van der Waals surface area contributed by atoms with E-state index in [1.54, 1.807) is 0 Å². The number of hydrogen-bond acceptors (Lipinski definition) is 1. The molecule has 1 atom stereocenters. The molecule has 10 aromatic carbocycles. The lowest BCUT2D eigenvalue weighted by Gasteiger charge is -2.38. The van der Waals surface area contributed by atoms with Gasteiger partial charge < -0.3 is 4.90 Å². The van der Waals surface area contributed by atoms with E-state index in [4.69, 9.17) is 0 Å². The van der Waals surface area contributed by atoms with Crippen LogP contribution in [0, 0.1) is 0 Å². The summed E-state index contributed by atoms with van der Waals surface area (Å²) in [6, 6.07) is 93.1. The first-order chi connectivity index (χ1) is 35.8. The summed E-state index contributed by atoms with van der Waals surface area (Å²) < 4.78 is 0. The summed E-state index contributed by atoms with van der Waals surface area (Å²) in [4.78, 5) is 2.61. The van der Waals surface area contributed by atoms with Crippen LogP contribution in [0.3, 0.4) is 0 Å². The van der Waals surface area contributed by atoms with Gasteiger partial charge in [0, 0.05) is 22.7 Å². The number of fused-ring (bicyclic) bond motifs is 3. The highest BCUT2D eigenvalue weighted by molar-refractivity contribution is 6.04. The number of allylic oxidation sites excluding steroid dienone is 4. The standard InChI is InChI=1S/C71H57N/c1-5-23-50(24-6-1)51-43-45-53(46-44-51)58-33-14-18-40-67(58)72(69-42-20-16-36-63(69)64-38-22-28-54-27-21-37-60(70(54)64)52-25-7-2-8-26-52)68-41-19-15-34-59(68)55-47-48-62-61-35-13-17-39-65(61)71(66(62)49-55,56-29-9-3-10-30-56)57-31-11-4-12-32-57/h1,3-6,9-24,27-48,52,55H,2,7-8,25-26,49H2. The molecule has 0 N–H and O–H groups in total. The van der Waals surface area contributed by atoms with Crippen molar-refractivity contribution in [3.63, 3.8) is 0 Å². The SMILES string of the molecule is C1=CC(c2ccccc2N(c2ccccc2-c2ccc(-c3ccccc3)cc2)c2ccccc2-c2cccc3cccc(C4CCCCC4)c23)CC2=C1c1ccccc1C2(c1ccccc1)c1ccccc1. The summed E-state index contributed by atoms with van der Waals surface area (Å²) in [7, 11) is 0. The average molecular weight is 924 g/mol. The van der Waals surface area contributed by atoms with Crippen LogP contribution >= 0.6 is 0 Å². The van der Waals surface area contributed by atoms with Crippen molar-refractivity contribution in [3.05, 3.63) is 300 Å². The summed E-state index contributed by atoms with van der Waals surface area (Å²) in [5.74, 6) is 0.647. The maximum atomic E-state index is 2.61. The number of anilines is 3. The molecule has 13 rings (SSSR count). The Labute approximate surface area is 425 Å². The topological polar surface area (TPSA) is 3.24 Å². The molecule has 3 aliphatic carbocycles. The molecule has 1 nitrogen and oxygen atoms in total. The lowest BCUT2D eigenvalue weighted by atomic mass is 9.64. The molecule has 1 heteroatoms. The number of rotatable bonds is 10. The predicted octanol–water partition coefficient (Wildman–Crippen LogP) is 19.2. The van der Waals surface area contributed by atoms with Gasteiger partial charge in [-0.25, -0.2) is 0 Å². The van der Waals surface area contributed by atoms with Gasteiger partial charge in [-0.05, 0) is 121 Å². The zero-order valence-corrected chi connectivity index (χ0v) is 40.7. The molecule has 0 heterocycles. The van der Waals surface area contributed by atoms with Gasteiger partial charge >= 0.3 is 0 Å². The van der Waals surface area contributed by atoms with Gasteiger partial charge in [-0.3, -0.25) is 0 Å². The molecule has 0 saturated heterocycles. The second kappa shape index (κ2) is 18.8. The van der Waals surface area contributed by atoms with Crippen LogP contribution < -0.4 is 4.90 Å². The number of nitrogens with zero attached hydrogens (tertiary/aromatic N) is 1. The van der Waals surface area contributed by atoms with E-state index in [1.165, 1.54) is 132 Å². The van der Waals surface area contributed by atoms with Gasteiger partial charge in [0.15, 0.2) is 0 Å². The Morgan fingerprint density at radius 2 is 0.889 bits per heavy atom. The molecule has 3 aliphatic rings.